The van der Waals surface area contributed by atoms with Gasteiger partial charge in [0.05, 0.1) is 0 Å². The zero-order valence-corrected chi connectivity index (χ0v) is 12.3. The lowest BCUT2D eigenvalue weighted by Gasteiger charge is -2.20. The molecule has 0 aliphatic heterocycles. The van der Waals surface area contributed by atoms with Gasteiger partial charge in [0.2, 0.25) is 6.29 Å². The van der Waals surface area contributed by atoms with Crippen molar-refractivity contribution in [2.24, 2.45) is 0 Å². The first-order valence-electron chi connectivity index (χ1n) is 5.91. The van der Waals surface area contributed by atoms with E-state index in [2.05, 4.69) is 11.8 Å². The van der Waals surface area contributed by atoms with E-state index in [9.17, 15) is 4.79 Å². The van der Waals surface area contributed by atoms with E-state index >= 15 is 0 Å². The van der Waals surface area contributed by atoms with Crippen molar-refractivity contribution in [2.75, 3.05) is 13.2 Å². The number of carbonyl (C=O) groups is 1. The van der Waals surface area contributed by atoms with Gasteiger partial charge >= 0.3 is 5.97 Å². The number of ether oxygens (including phenoxy) is 3. The standard InChI is InChI=1S/C13H21ClO4/c1-6-16-11(17-7-2)9-8-10(14)12(15)18-13(3,4)5/h10-11H,6-7H2,1-5H3. The van der Waals surface area contributed by atoms with Crippen LogP contribution in [0.15, 0.2) is 0 Å². The topological polar surface area (TPSA) is 44.8 Å². The van der Waals surface area contributed by atoms with Crippen molar-refractivity contribution in [1.82, 2.24) is 0 Å². The maximum absolute atomic E-state index is 11.5. The van der Waals surface area contributed by atoms with Crippen LogP contribution in [0.1, 0.15) is 34.6 Å². The Hall–Kier alpha value is -0.760. The summed E-state index contributed by atoms with van der Waals surface area (Å²) in [7, 11) is 0. The van der Waals surface area contributed by atoms with Gasteiger partial charge in [-0.05, 0) is 40.5 Å². The molecule has 0 heterocycles. The first-order chi connectivity index (χ1) is 8.30. The SMILES string of the molecule is CCOC(C#CC(Cl)C(=O)OC(C)(C)C)OCC. The van der Waals surface area contributed by atoms with Gasteiger partial charge in [0, 0.05) is 13.2 Å². The number of alkyl halides is 1. The van der Waals surface area contributed by atoms with Crippen molar-refractivity contribution in [3.63, 3.8) is 0 Å². The average molecular weight is 277 g/mol. The number of hydrogen-bond donors (Lipinski definition) is 0. The maximum atomic E-state index is 11.5. The van der Waals surface area contributed by atoms with Crippen molar-refractivity contribution in [3.8, 4) is 11.8 Å². The van der Waals surface area contributed by atoms with E-state index in [1.807, 2.05) is 13.8 Å². The molecule has 5 heteroatoms. The van der Waals surface area contributed by atoms with Crippen LogP contribution >= 0.6 is 11.6 Å². The van der Waals surface area contributed by atoms with Crippen LogP contribution in [0.5, 0.6) is 0 Å². The maximum Gasteiger partial charge on any atom is 0.336 e. The molecule has 18 heavy (non-hydrogen) atoms. The normalized spacial score (nSPS) is 12.8. The Labute approximate surface area is 114 Å². The molecular weight excluding hydrogens is 256 g/mol. The van der Waals surface area contributed by atoms with Gasteiger partial charge in [-0.2, -0.15) is 0 Å². The van der Waals surface area contributed by atoms with Gasteiger partial charge < -0.3 is 14.2 Å². The average Bonchev–Trinajstić information content (AvgIpc) is 2.23. The second kappa shape index (κ2) is 8.36. The molecule has 0 aliphatic carbocycles. The summed E-state index contributed by atoms with van der Waals surface area (Å²) in [5, 5.41) is -1.02. The predicted octanol–water partition coefficient (Wildman–Crippen LogP) is 2.34. The lowest BCUT2D eigenvalue weighted by molar-refractivity contribution is -0.153. The van der Waals surface area contributed by atoms with E-state index in [0.717, 1.165) is 0 Å². The molecule has 0 saturated carbocycles. The van der Waals surface area contributed by atoms with Crippen LogP contribution in [0.25, 0.3) is 0 Å². The zero-order chi connectivity index (χ0) is 14.2. The molecule has 0 spiro atoms. The van der Waals surface area contributed by atoms with Crippen LogP contribution in [-0.4, -0.2) is 36.5 Å². The summed E-state index contributed by atoms with van der Waals surface area (Å²) >= 11 is 5.82. The highest BCUT2D eigenvalue weighted by molar-refractivity contribution is 6.32. The number of hydrogen-bond acceptors (Lipinski definition) is 4. The first-order valence-corrected chi connectivity index (χ1v) is 6.35. The second-order valence-electron chi connectivity index (χ2n) is 4.43. The van der Waals surface area contributed by atoms with E-state index in [4.69, 9.17) is 25.8 Å². The summed E-state index contributed by atoms with van der Waals surface area (Å²) in [5.41, 5.74) is -0.578. The van der Waals surface area contributed by atoms with Crippen LogP contribution in [0.3, 0.4) is 0 Å². The molecule has 104 valence electrons. The van der Waals surface area contributed by atoms with E-state index in [1.165, 1.54) is 0 Å². The van der Waals surface area contributed by atoms with Gasteiger partial charge in [0.25, 0.3) is 0 Å². The lowest BCUT2D eigenvalue weighted by Crippen LogP contribution is -2.28. The smallest absolute Gasteiger partial charge is 0.336 e. The van der Waals surface area contributed by atoms with Gasteiger partial charge in [-0.25, -0.2) is 4.79 Å². The Morgan fingerprint density at radius 1 is 1.17 bits per heavy atom. The molecule has 1 unspecified atom stereocenters. The van der Waals surface area contributed by atoms with Crippen molar-refractivity contribution < 1.29 is 19.0 Å². The minimum Gasteiger partial charge on any atom is -0.458 e. The van der Waals surface area contributed by atoms with Crippen LogP contribution in [0.4, 0.5) is 0 Å². The van der Waals surface area contributed by atoms with Gasteiger partial charge in [-0.1, -0.05) is 17.5 Å². The Kier molecular flexibility index (Phi) is 8.01. The Bertz CT molecular complexity index is 305. The minimum atomic E-state index is -1.02. The Morgan fingerprint density at radius 2 is 1.67 bits per heavy atom. The number of carbonyl (C=O) groups excluding carboxylic acids is 1. The van der Waals surface area contributed by atoms with Crippen molar-refractivity contribution in [2.45, 2.75) is 51.9 Å². The molecule has 1 atom stereocenters. The second-order valence-corrected chi connectivity index (χ2v) is 4.86. The summed E-state index contributed by atoms with van der Waals surface area (Å²) in [6.07, 6.45) is -0.663. The largest absolute Gasteiger partial charge is 0.458 e. The van der Waals surface area contributed by atoms with Crippen LogP contribution in [0.2, 0.25) is 0 Å². The summed E-state index contributed by atoms with van der Waals surface area (Å²) < 4.78 is 15.5. The zero-order valence-electron chi connectivity index (χ0n) is 11.6. The fourth-order valence-electron chi connectivity index (χ4n) is 0.988. The lowest BCUT2D eigenvalue weighted by atomic mass is 10.2. The molecule has 0 aliphatic rings. The van der Waals surface area contributed by atoms with Crippen LogP contribution < -0.4 is 0 Å². The van der Waals surface area contributed by atoms with Crippen molar-refractivity contribution in [1.29, 1.82) is 0 Å². The number of halogens is 1. The van der Waals surface area contributed by atoms with Gasteiger partial charge in [0.15, 0.2) is 5.38 Å². The summed E-state index contributed by atoms with van der Waals surface area (Å²) in [5.74, 6) is 4.66. The Balaban J connectivity index is 4.43. The molecule has 0 amide bonds. The van der Waals surface area contributed by atoms with Crippen molar-refractivity contribution >= 4 is 17.6 Å². The molecule has 4 nitrogen and oxygen atoms in total. The Morgan fingerprint density at radius 3 is 2.06 bits per heavy atom. The summed E-state index contributed by atoms with van der Waals surface area (Å²) in [6.45, 7) is 9.92. The van der Waals surface area contributed by atoms with Crippen LogP contribution in [0, 0.1) is 11.8 Å². The number of esters is 1. The monoisotopic (exact) mass is 276 g/mol. The molecule has 0 saturated heterocycles. The van der Waals surface area contributed by atoms with Gasteiger partial charge in [-0.15, -0.1) is 0 Å². The summed E-state index contributed by atoms with van der Waals surface area (Å²) in [4.78, 5) is 11.5. The van der Waals surface area contributed by atoms with Crippen LogP contribution in [-0.2, 0) is 19.0 Å². The highest BCUT2D eigenvalue weighted by atomic mass is 35.5. The van der Waals surface area contributed by atoms with E-state index in [1.54, 1.807) is 20.8 Å². The van der Waals surface area contributed by atoms with E-state index < -0.39 is 23.2 Å². The fourth-order valence-corrected chi connectivity index (χ4v) is 1.10. The molecule has 0 aromatic heterocycles. The van der Waals surface area contributed by atoms with Crippen molar-refractivity contribution in [3.05, 3.63) is 0 Å². The van der Waals surface area contributed by atoms with Gasteiger partial charge in [0.1, 0.15) is 5.60 Å². The van der Waals surface area contributed by atoms with E-state index in [0.29, 0.717) is 13.2 Å². The van der Waals surface area contributed by atoms with Gasteiger partial charge in [-0.3, -0.25) is 0 Å². The third-order valence-corrected chi connectivity index (χ3v) is 1.86. The summed E-state index contributed by atoms with van der Waals surface area (Å²) in [6, 6.07) is 0. The molecule has 0 rings (SSSR count). The molecule has 0 N–H and O–H groups in total. The fraction of sp³-hybridized carbons (Fsp3) is 0.769. The third kappa shape index (κ3) is 8.35. The highest BCUT2D eigenvalue weighted by Crippen LogP contribution is 2.10. The first kappa shape index (κ1) is 17.2. The molecule has 0 radical (unpaired) electrons. The quantitative estimate of drug-likeness (QED) is 0.335. The molecule has 0 aromatic rings. The minimum absolute atomic E-state index is 0.471. The highest BCUT2D eigenvalue weighted by Gasteiger charge is 2.21. The van der Waals surface area contributed by atoms with E-state index in [-0.39, 0.29) is 0 Å². The molecule has 0 aromatic carbocycles. The molecular formula is C13H21ClO4. The predicted molar refractivity (Wildman–Crippen MR) is 70.3 cm³/mol. The third-order valence-electron chi connectivity index (χ3n) is 1.58. The molecule has 0 bridgehead atoms. The molecule has 0 fully saturated rings. The number of rotatable bonds is 5.